The molecule has 1 aliphatic rings. The predicted molar refractivity (Wildman–Crippen MR) is 38.6 cm³/mol. The number of carbonyl (C=O) groups is 1. The van der Waals surface area contributed by atoms with E-state index in [1.54, 1.807) is 0 Å². The lowest BCUT2D eigenvalue weighted by Crippen LogP contribution is -2.14. The van der Waals surface area contributed by atoms with E-state index >= 15 is 0 Å². The van der Waals surface area contributed by atoms with Crippen molar-refractivity contribution in [3.8, 4) is 0 Å². The van der Waals surface area contributed by atoms with Gasteiger partial charge < -0.3 is 4.74 Å². The second-order valence-electron chi connectivity index (χ2n) is 2.42. The Morgan fingerprint density at radius 2 is 2.30 bits per heavy atom. The molecule has 2 heteroatoms. The number of rotatable bonds is 1. The van der Waals surface area contributed by atoms with E-state index < -0.39 is 0 Å². The van der Waals surface area contributed by atoms with E-state index in [0.29, 0.717) is 13.0 Å². The van der Waals surface area contributed by atoms with Crippen LogP contribution in [0.5, 0.6) is 0 Å². The van der Waals surface area contributed by atoms with Gasteiger partial charge in [-0.3, -0.25) is 4.79 Å². The van der Waals surface area contributed by atoms with Crippen molar-refractivity contribution in [2.45, 2.75) is 26.7 Å². The number of allylic oxidation sites excluding steroid dienone is 2. The number of hydrogen-bond donors (Lipinski definition) is 0. The van der Waals surface area contributed by atoms with Gasteiger partial charge in [0.2, 0.25) is 0 Å². The Balaban J connectivity index is 2.82. The van der Waals surface area contributed by atoms with Crippen LogP contribution in [0.2, 0.25) is 0 Å². The smallest absolute Gasteiger partial charge is 0.165 e. The highest BCUT2D eigenvalue weighted by molar-refractivity contribution is 5.95. The summed E-state index contributed by atoms with van der Waals surface area (Å²) in [5.74, 6) is 1.11. The lowest BCUT2D eigenvalue weighted by Gasteiger charge is -2.16. The second kappa shape index (κ2) is 2.86. The van der Waals surface area contributed by atoms with Gasteiger partial charge in [-0.15, -0.1) is 0 Å². The largest absolute Gasteiger partial charge is 0.497 e. The molecule has 1 rings (SSSR count). The van der Waals surface area contributed by atoms with E-state index in [1.807, 2.05) is 13.8 Å². The maximum Gasteiger partial charge on any atom is 0.165 e. The molecule has 0 saturated heterocycles. The molecule has 0 unspecified atom stereocenters. The van der Waals surface area contributed by atoms with Crippen molar-refractivity contribution in [1.82, 2.24) is 0 Å². The fourth-order valence-corrected chi connectivity index (χ4v) is 1.09. The molecule has 2 nitrogen and oxygen atoms in total. The third-order valence-corrected chi connectivity index (χ3v) is 1.76. The van der Waals surface area contributed by atoms with Crippen LogP contribution < -0.4 is 0 Å². The Morgan fingerprint density at radius 1 is 1.60 bits per heavy atom. The van der Waals surface area contributed by atoms with Crippen LogP contribution in [0.25, 0.3) is 0 Å². The predicted octanol–water partition coefficient (Wildman–Crippen LogP) is 1.66. The first-order valence-electron chi connectivity index (χ1n) is 3.61. The standard InChI is InChI=1S/C8H12O2/c1-3-8-6(2)7(9)4-5-10-8/h3-5H2,1-2H3. The minimum Gasteiger partial charge on any atom is -0.497 e. The Bertz CT molecular complexity index is 180. The quantitative estimate of drug-likeness (QED) is 0.553. The highest BCUT2D eigenvalue weighted by atomic mass is 16.5. The Morgan fingerprint density at radius 3 is 2.80 bits per heavy atom. The van der Waals surface area contributed by atoms with Gasteiger partial charge in [0.15, 0.2) is 5.78 Å². The molecule has 0 spiro atoms. The Labute approximate surface area is 60.9 Å². The summed E-state index contributed by atoms with van der Waals surface area (Å²) in [4.78, 5) is 11.0. The molecule has 10 heavy (non-hydrogen) atoms. The van der Waals surface area contributed by atoms with E-state index in [4.69, 9.17) is 4.74 Å². The van der Waals surface area contributed by atoms with Crippen LogP contribution >= 0.6 is 0 Å². The number of carbonyl (C=O) groups excluding carboxylic acids is 1. The van der Waals surface area contributed by atoms with Crippen LogP contribution in [0.1, 0.15) is 26.7 Å². The average molecular weight is 140 g/mol. The Hall–Kier alpha value is -0.790. The van der Waals surface area contributed by atoms with Crippen LogP contribution in [0, 0.1) is 0 Å². The zero-order valence-corrected chi connectivity index (χ0v) is 6.44. The van der Waals surface area contributed by atoms with Gasteiger partial charge in [-0.1, -0.05) is 6.92 Å². The molecule has 0 radical (unpaired) electrons. The van der Waals surface area contributed by atoms with Gasteiger partial charge in [0.1, 0.15) is 5.76 Å². The first-order valence-corrected chi connectivity index (χ1v) is 3.61. The van der Waals surface area contributed by atoms with Crippen LogP contribution in [0.3, 0.4) is 0 Å². The molecule has 1 aliphatic heterocycles. The molecule has 0 aromatic heterocycles. The summed E-state index contributed by atoms with van der Waals surface area (Å²) in [7, 11) is 0. The first kappa shape index (κ1) is 7.32. The van der Waals surface area contributed by atoms with Crippen LogP contribution in [-0.4, -0.2) is 12.4 Å². The Kier molecular flexibility index (Phi) is 2.10. The monoisotopic (exact) mass is 140 g/mol. The summed E-state index contributed by atoms with van der Waals surface area (Å²) in [6.07, 6.45) is 1.38. The van der Waals surface area contributed by atoms with Gasteiger partial charge in [0, 0.05) is 18.4 Å². The highest BCUT2D eigenvalue weighted by Crippen LogP contribution is 2.17. The van der Waals surface area contributed by atoms with Gasteiger partial charge >= 0.3 is 0 Å². The van der Waals surface area contributed by atoms with Crippen molar-refractivity contribution < 1.29 is 9.53 Å². The topological polar surface area (TPSA) is 26.3 Å². The number of ketones is 1. The van der Waals surface area contributed by atoms with Gasteiger partial charge in [-0.05, 0) is 6.92 Å². The molecule has 0 fully saturated rings. The molecule has 1 heterocycles. The molecule has 0 aromatic rings. The molecule has 0 aromatic carbocycles. The molecule has 0 bridgehead atoms. The lowest BCUT2D eigenvalue weighted by molar-refractivity contribution is -0.117. The summed E-state index contributed by atoms with van der Waals surface area (Å²) in [5.41, 5.74) is 0.814. The maximum atomic E-state index is 11.0. The van der Waals surface area contributed by atoms with E-state index in [2.05, 4.69) is 0 Å². The molecule has 0 aliphatic carbocycles. The molecular weight excluding hydrogens is 128 g/mol. The molecular formula is C8H12O2. The van der Waals surface area contributed by atoms with E-state index in [9.17, 15) is 4.79 Å². The van der Waals surface area contributed by atoms with Crippen LogP contribution in [-0.2, 0) is 9.53 Å². The summed E-state index contributed by atoms with van der Waals surface area (Å²) < 4.78 is 5.27. The zero-order chi connectivity index (χ0) is 7.56. The van der Waals surface area contributed by atoms with Gasteiger partial charge in [-0.25, -0.2) is 0 Å². The fourth-order valence-electron chi connectivity index (χ4n) is 1.09. The van der Waals surface area contributed by atoms with E-state index in [0.717, 1.165) is 17.8 Å². The highest BCUT2D eigenvalue weighted by Gasteiger charge is 2.15. The summed E-state index contributed by atoms with van der Waals surface area (Å²) in [6.45, 7) is 4.40. The van der Waals surface area contributed by atoms with Gasteiger partial charge in [0.05, 0.1) is 6.61 Å². The van der Waals surface area contributed by atoms with Crippen molar-refractivity contribution in [3.63, 3.8) is 0 Å². The van der Waals surface area contributed by atoms with Crippen molar-refractivity contribution >= 4 is 5.78 Å². The van der Waals surface area contributed by atoms with Crippen molar-refractivity contribution in [2.24, 2.45) is 0 Å². The molecule has 0 N–H and O–H groups in total. The lowest BCUT2D eigenvalue weighted by atomic mass is 10.1. The van der Waals surface area contributed by atoms with Gasteiger partial charge in [0.25, 0.3) is 0 Å². The number of hydrogen-bond acceptors (Lipinski definition) is 2. The third kappa shape index (κ3) is 1.20. The van der Waals surface area contributed by atoms with Crippen molar-refractivity contribution in [1.29, 1.82) is 0 Å². The maximum absolute atomic E-state index is 11.0. The van der Waals surface area contributed by atoms with E-state index in [1.165, 1.54) is 0 Å². The molecule has 0 atom stereocenters. The second-order valence-corrected chi connectivity index (χ2v) is 2.42. The minimum absolute atomic E-state index is 0.239. The summed E-state index contributed by atoms with van der Waals surface area (Å²) in [6, 6.07) is 0. The van der Waals surface area contributed by atoms with Crippen molar-refractivity contribution in [2.75, 3.05) is 6.61 Å². The first-order chi connectivity index (χ1) is 4.75. The minimum atomic E-state index is 0.239. The van der Waals surface area contributed by atoms with Crippen molar-refractivity contribution in [3.05, 3.63) is 11.3 Å². The summed E-state index contributed by atoms with van der Waals surface area (Å²) >= 11 is 0. The molecule has 0 saturated carbocycles. The SMILES string of the molecule is CCC1=C(C)C(=O)CCO1. The number of Topliss-reactive ketones (excluding diaryl/α,β-unsaturated/α-hetero) is 1. The number of ether oxygens (including phenoxy) is 1. The fraction of sp³-hybridized carbons (Fsp3) is 0.625. The summed E-state index contributed by atoms with van der Waals surface area (Å²) in [5, 5.41) is 0. The van der Waals surface area contributed by atoms with E-state index in [-0.39, 0.29) is 5.78 Å². The van der Waals surface area contributed by atoms with Crippen LogP contribution in [0.15, 0.2) is 11.3 Å². The van der Waals surface area contributed by atoms with Gasteiger partial charge in [-0.2, -0.15) is 0 Å². The zero-order valence-electron chi connectivity index (χ0n) is 6.44. The third-order valence-electron chi connectivity index (χ3n) is 1.76. The molecule has 56 valence electrons. The van der Waals surface area contributed by atoms with Crippen LogP contribution in [0.4, 0.5) is 0 Å². The average Bonchev–Trinajstić information content (AvgIpc) is 1.95. The molecule has 0 amide bonds. The normalized spacial score (nSPS) is 19.2.